The molecular formula is C14H10N4. The molecule has 86 valence electrons. The lowest BCUT2D eigenvalue weighted by Gasteiger charge is -2.10. The molecule has 0 heterocycles. The predicted molar refractivity (Wildman–Crippen MR) is 66.0 cm³/mol. The van der Waals surface area contributed by atoms with Crippen LogP contribution in [0.1, 0.15) is 17.5 Å². The van der Waals surface area contributed by atoms with Crippen LogP contribution in [0.4, 0.5) is 5.69 Å². The molecule has 0 fully saturated rings. The second-order valence-electron chi connectivity index (χ2n) is 4.01. The summed E-state index contributed by atoms with van der Waals surface area (Å²) in [5, 5.41) is 29.5. The summed E-state index contributed by atoms with van der Waals surface area (Å²) < 4.78 is 0. The number of benzene rings is 1. The number of nitrogens with one attached hydrogen (secondary N) is 1. The SMILES string of the molecule is N#CC(C#N)=C(C#N)Nc1cccc2c1CCC2. The van der Waals surface area contributed by atoms with E-state index in [0.717, 1.165) is 24.9 Å². The molecule has 1 aliphatic carbocycles. The van der Waals surface area contributed by atoms with Gasteiger partial charge in [-0.1, -0.05) is 12.1 Å². The van der Waals surface area contributed by atoms with E-state index in [0.29, 0.717) is 0 Å². The van der Waals surface area contributed by atoms with E-state index < -0.39 is 0 Å². The third-order valence-corrected chi connectivity index (χ3v) is 2.99. The van der Waals surface area contributed by atoms with E-state index in [-0.39, 0.29) is 11.3 Å². The standard InChI is InChI=1S/C14H10N4/c15-7-11(8-16)14(9-17)18-13-6-2-4-10-3-1-5-12(10)13/h2,4,6,18H,1,3,5H2. The van der Waals surface area contributed by atoms with Gasteiger partial charge in [0.1, 0.15) is 23.9 Å². The molecule has 0 unspecified atom stereocenters. The quantitative estimate of drug-likeness (QED) is 0.796. The van der Waals surface area contributed by atoms with Crippen molar-refractivity contribution >= 4 is 5.69 Å². The first kappa shape index (κ1) is 11.7. The lowest BCUT2D eigenvalue weighted by molar-refractivity contribution is 0.912. The summed E-state index contributed by atoms with van der Waals surface area (Å²) >= 11 is 0. The molecule has 0 saturated heterocycles. The van der Waals surface area contributed by atoms with Crippen molar-refractivity contribution in [3.05, 3.63) is 40.6 Å². The van der Waals surface area contributed by atoms with Crippen LogP contribution >= 0.6 is 0 Å². The van der Waals surface area contributed by atoms with Crippen molar-refractivity contribution in [1.82, 2.24) is 0 Å². The zero-order valence-electron chi connectivity index (χ0n) is 9.70. The topological polar surface area (TPSA) is 83.4 Å². The minimum Gasteiger partial charge on any atom is -0.345 e. The molecule has 0 radical (unpaired) electrons. The Bertz CT molecular complexity index is 619. The second-order valence-corrected chi connectivity index (χ2v) is 4.01. The number of fused-ring (bicyclic) bond motifs is 1. The first-order valence-electron chi connectivity index (χ1n) is 5.62. The molecule has 0 aliphatic heterocycles. The Morgan fingerprint density at radius 1 is 1.06 bits per heavy atom. The molecule has 0 saturated carbocycles. The third-order valence-electron chi connectivity index (χ3n) is 2.99. The maximum atomic E-state index is 9.00. The molecule has 1 aliphatic rings. The largest absolute Gasteiger partial charge is 0.345 e. The van der Waals surface area contributed by atoms with E-state index in [9.17, 15) is 0 Å². The highest BCUT2D eigenvalue weighted by atomic mass is 14.9. The van der Waals surface area contributed by atoms with Gasteiger partial charge in [-0.3, -0.25) is 0 Å². The fourth-order valence-electron chi connectivity index (χ4n) is 2.15. The average Bonchev–Trinajstić information content (AvgIpc) is 2.88. The summed E-state index contributed by atoms with van der Waals surface area (Å²) in [5.41, 5.74) is 3.10. The van der Waals surface area contributed by atoms with Gasteiger partial charge in [0.25, 0.3) is 0 Å². The average molecular weight is 234 g/mol. The number of aryl methyl sites for hydroxylation is 1. The van der Waals surface area contributed by atoms with Crippen molar-refractivity contribution in [3.63, 3.8) is 0 Å². The second kappa shape index (κ2) is 5.04. The molecule has 2 rings (SSSR count). The molecule has 1 N–H and O–H groups in total. The highest BCUT2D eigenvalue weighted by Crippen LogP contribution is 2.29. The van der Waals surface area contributed by atoms with Gasteiger partial charge < -0.3 is 5.32 Å². The summed E-state index contributed by atoms with van der Waals surface area (Å²) in [7, 11) is 0. The van der Waals surface area contributed by atoms with Gasteiger partial charge in [-0.2, -0.15) is 15.8 Å². The molecule has 0 atom stereocenters. The van der Waals surface area contributed by atoms with Crippen LogP contribution < -0.4 is 5.32 Å². The van der Waals surface area contributed by atoms with Crippen molar-refractivity contribution in [2.24, 2.45) is 0 Å². The van der Waals surface area contributed by atoms with Gasteiger partial charge in [0.05, 0.1) is 0 Å². The predicted octanol–water partition coefficient (Wildman–Crippen LogP) is 2.41. The van der Waals surface area contributed by atoms with Crippen LogP contribution in [0.25, 0.3) is 0 Å². The molecule has 0 spiro atoms. The lowest BCUT2D eigenvalue weighted by atomic mass is 10.1. The van der Waals surface area contributed by atoms with Crippen LogP contribution in [0, 0.1) is 34.0 Å². The molecule has 18 heavy (non-hydrogen) atoms. The zero-order chi connectivity index (χ0) is 13.0. The van der Waals surface area contributed by atoms with E-state index in [1.54, 1.807) is 12.1 Å². The zero-order valence-corrected chi connectivity index (χ0v) is 9.70. The Morgan fingerprint density at radius 2 is 1.83 bits per heavy atom. The van der Waals surface area contributed by atoms with Crippen LogP contribution in [0.5, 0.6) is 0 Å². The Labute approximate surface area is 105 Å². The van der Waals surface area contributed by atoms with Crippen molar-refractivity contribution < 1.29 is 0 Å². The monoisotopic (exact) mass is 234 g/mol. The number of rotatable bonds is 2. The maximum absolute atomic E-state index is 9.00. The Hall–Kier alpha value is -2.77. The molecule has 1 aromatic rings. The summed E-state index contributed by atoms with van der Waals surface area (Å²) in [6.45, 7) is 0. The van der Waals surface area contributed by atoms with Crippen LogP contribution in [0.15, 0.2) is 29.5 Å². The molecule has 0 aromatic heterocycles. The van der Waals surface area contributed by atoms with Crippen molar-refractivity contribution in [1.29, 1.82) is 15.8 Å². The van der Waals surface area contributed by atoms with Gasteiger partial charge in [0, 0.05) is 5.69 Å². The number of nitrogens with zero attached hydrogens (tertiary/aromatic N) is 3. The molecule has 4 nitrogen and oxygen atoms in total. The van der Waals surface area contributed by atoms with E-state index in [1.165, 1.54) is 11.1 Å². The van der Waals surface area contributed by atoms with Gasteiger partial charge >= 0.3 is 0 Å². The Morgan fingerprint density at radius 3 is 2.50 bits per heavy atom. The number of hydrogen-bond donors (Lipinski definition) is 1. The summed E-state index contributed by atoms with van der Waals surface area (Å²) in [4.78, 5) is 0. The number of hydrogen-bond acceptors (Lipinski definition) is 4. The Balaban J connectivity index is 2.40. The van der Waals surface area contributed by atoms with Gasteiger partial charge in [-0.15, -0.1) is 0 Å². The van der Waals surface area contributed by atoms with E-state index in [1.807, 2.05) is 18.2 Å². The van der Waals surface area contributed by atoms with Gasteiger partial charge in [-0.05, 0) is 36.5 Å². The van der Waals surface area contributed by atoms with E-state index in [2.05, 4.69) is 11.4 Å². The molecule has 0 amide bonds. The van der Waals surface area contributed by atoms with Crippen LogP contribution in [-0.2, 0) is 12.8 Å². The van der Waals surface area contributed by atoms with Crippen LogP contribution in [-0.4, -0.2) is 0 Å². The maximum Gasteiger partial charge on any atom is 0.163 e. The highest BCUT2D eigenvalue weighted by molar-refractivity contribution is 5.64. The van der Waals surface area contributed by atoms with E-state index in [4.69, 9.17) is 15.8 Å². The molecule has 1 aromatic carbocycles. The fraction of sp³-hybridized carbons (Fsp3) is 0.214. The summed E-state index contributed by atoms with van der Waals surface area (Å²) in [6.07, 6.45) is 3.11. The third kappa shape index (κ3) is 2.03. The Kier molecular flexibility index (Phi) is 3.28. The van der Waals surface area contributed by atoms with Gasteiger partial charge in [-0.25, -0.2) is 0 Å². The summed E-state index contributed by atoms with van der Waals surface area (Å²) in [6, 6.07) is 11.2. The van der Waals surface area contributed by atoms with Gasteiger partial charge in [0.2, 0.25) is 0 Å². The summed E-state index contributed by atoms with van der Waals surface area (Å²) in [5.74, 6) is 0. The fourth-order valence-corrected chi connectivity index (χ4v) is 2.15. The number of nitriles is 3. The first-order chi connectivity index (χ1) is 8.80. The van der Waals surface area contributed by atoms with Crippen LogP contribution in [0.3, 0.4) is 0 Å². The normalized spacial score (nSPS) is 11.6. The molecule has 4 heteroatoms. The van der Waals surface area contributed by atoms with Crippen molar-refractivity contribution in [3.8, 4) is 18.2 Å². The minimum absolute atomic E-state index is 0.0142. The highest BCUT2D eigenvalue weighted by Gasteiger charge is 2.15. The number of allylic oxidation sites excluding steroid dienone is 2. The van der Waals surface area contributed by atoms with E-state index >= 15 is 0 Å². The number of anilines is 1. The molecule has 0 bridgehead atoms. The molecular weight excluding hydrogens is 224 g/mol. The first-order valence-corrected chi connectivity index (χ1v) is 5.62. The van der Waals surface area contributed by atoms with Gasteiger partial charge in [0.15, 0.2) is 5.57 Å². The minimum atomic E-state index is -0.187. The van der Waals surface area contributed by atoms with Crippen molar-refractivity contribution in [2.45, 2.75) is 19.3 Å². The lowest BCUT2D eigenvalue weighted by Crippen LogP contribution is -2.03. The van der Waals surface area contributed by atoms with Crippen LogP contribution in [0.2, 0.25) is 0 Å². The van der Waals surface area contributed by atoms with Crippen molar-refractivity contribution in [2.75, 3.05) is 5.32 Å². The smallest absolute Gasteiger partial charge is 0.163 e.